The fraction of sp³-hybridized carbons (Fsp3) is 0.650. The highest BCUT2D eigenvalue weighted by Gasteiger charge is 2.45. The molecule has 0 atom stereocenters. The predicted octanol–water partition coefficient (Wildman–Crippen LogP) is 3.99. The lowest BCUT2D eigenvalue weighted by molar-refractivity contribution is -0.138. The quantitative estimate of drug-likeness (QED) is 0.895. The van der Waals surface area contributed by atoms with Crippen molar-refractivity contribution in [2.45, 2.75) is 69.7 Å². The van der Waals surface area contributed by atoms with Crippen LogP contribution in [0.2, 0.25) is 0 Å². The third-order valence-corrected chi connectivity index (χ3v) is 5.82. The van der Waals surface area contributed by atoms with Gasteiger partial charge in [-0.25, -0.2) is 0 Å². The van der Waals surface area contributed by atoms with E-state index >= 15 is 0 Å². The van der Waals surface area contributed by atoms with Crippen molar-refractivity contribution < 1.29 is 4.79 Å². The smallest absolute Gasteiger partial charge is 0.233 e. The van der Waals surface area contributed by atoms with E-state index in [2.05, 4.69) is 43.0 Å². The largest absolute Gasteiger partial charge is 0.342 e. The summed E-state index contributed by atoms with van der Waals surface area (Å²) in [5, 5.41) is 0. The van der Waals surface area contributed by atoms with Crippen LogP contribution in [0.5, 0.6) is 0 Å². The van der Waals surface area contributed by atoms with Gasteiger partial charge < -0.3 is 10.6 Å². The molecule has 1 saturated carbocycles. The van der Waals surface area contributed by atoms with Gasteiger partial charge in [0.2, 0.25) is 5.91 Å². The molecular formula is C20H31ClN2O. The zero-order valence-electron chi connectivity index (χ0n) is 15.0. The van der Waals surface area contributed by atoms with Crippen molar-refractivity contribution in [3.63, 3.8) is 0 Å². The number of piperidine rings is 1. The van der Waals surface area contributed by atoms with Crippen LogP contribution in [0.1, 0.15) is 69.4 Å². The highest BCUT2D eigenvalue weighted by atomic mass is 35.5. The Hall–Kier alpha value is -1.06. The van der Waals surface area contributed by atoms with Crippen molar-refractivity contribution >= 4 is 18.3 Å². The van der Waals surface area contributed by atoms with E-state index in [1.807, 2.05) is 0 Å². The van der Waals surface area contributed by atoms with Crippen LogP contribution in [-0.2, 0) is 10.2 Å². The van der Waals surface area contributed by atoms with Gasteiger partial charge in [0.25, 0.3) is 0 Å². The maximum atomic E-state index is 13.3. The standard InChI is InChI=1S/C20H30N2O.ClH/c1-15(2)16-5-7-17(8-6-16)20(11-3-4-12-20)19(23)22-13-9-18(21)10-14-22;/h5-8,15,18H,3-4,9-14,21H2,1-2H3;1H. The van der Waals surface area contributed by atoms with Gasteiger partial charge in [-0.3, -0.25) is 4.79 Å². The van der Waals surface area contributed by atoms with Gasteiger partial charge in [-0.15, -0.1) is 12.4 Å². The third kappa shape index (κ3) is 3.62. The first-order valence-electron chi connectivity index (χ1n) is 9.18. The van der Waals surface area contributed by atoms with Crippen molar-refractivity contribution in [1.29, 1.82) is 0 Å². The molecule has 1 aliphatic heterocycles. The van der Waals surface area contributed by atoms with Gasteiger partial charge in [-0.05, 0) is 42.7 Å². The van der Waals surface area contributed by atoms with Gasteiger partial charge in [0.1, 0.15) is 0 Å². The van der Waals surface area contributed by atoms with Crippen LogP contribution in [0.25, 0.3) is 0 Å². The normalized spacial score (nSPS) is 20.9. The monoisotopic (exact) mass is 350 g/mol. The average Bonchev–Trinajstić information content (AvgIpc) is 3.06. The summed E-state index contributed by atoms with van der Waals surface area (Å²) in [4.78, 5) is 15.4. The Labute approximate surface area is 152 Å². The van der Waals surface area contributed by atoms with E-state index in [0.717, 1.165) is 51.6 Å². The van der Waals surface area contributed by atoms with E-state index in [4.69, 9.17) is 5.73 Å². The topological polar surface area (TPSA) is 46.3 Å². The maximum absolute atomic E-state index is 13.3. The van der Waals surface area contributed by atoms with Crippen molar-refractivity contribution in [2.75, 3.05) is 13.1 Å². The Morgan fingerprint density at radius 1 is 1.12 bits per heavy atom. The molecule has 1 amide bonds. The minimum atomic E-state index is -0.281. The van der Waals surface area contributed by atoms with Crippen LogP contribution in [0.4, 0.5) is 0 Å². The van der Waals surface area contributed by atoms with E-state index in [0.29, 0.717) is 11.8 Å². The van der Waals surface area contributed by atoms with Crippen LogP contribution in [0, 0.1) is 0 Å². The highest BCUT2D eigenvalue weighted by Crippen LogP contribution is 2.43. The van der Waals surface area contributed by atoms with Gasteiger partial charge in [-0.1, -0.05) is 51.0 Å². The first kappa shape index (κ1) is 19.3. The fourth-order valence-corrected chi connectivity index (χ4v) is 4.20. The van der Waals surface area contributed by atoms with Crippen LogP contribution >= 0.6 is 12.4 Å². The van der Waals surface area contributed by atoms with Crippen LogP contribution in [0.3, 0.4) is 0 Å². The number of benzene rings is 1. The molecule has 0 radical (unpaired) electrons. The molecule has 1 saturated heterocycles. The van der Waals surface area contributed by atoms with E-state index in [9.17, 15) is 4.79 Å². The van der Waals surface area contributed by atoms with Gasteiger partial charge in [0.05, 0.1) is 5.41 Å². The maximum Gasteiger partial charge on any atom is 0.233 e. The number of rotatable bonds is 3. The summed E-state index contributed by atoms with van der Waals surface area (Å²) in [6.07, 6.45) is 6.18. The third-order valence-electron chi connectivity index (χ3n) is 5.82. The zero-order valence-corrected chi connectivity index (χ0v) is 15.8. The lowest BCUT2D eigenvalue weighted by Gasteiger charge is -2.38. The SMILES string of the molecule is CC(C)c1ccc(C2(C(=O)N3CCC(N)CC3)CCCC2)cc1.Cl. The molecule has 0 bridgehead atoms. The van der Waals surface area contributed by atoms with Crippen LogP contribution in [-0.4, -0.2) is 29.9 Å². The summed E-state index contributed by atoms with van der Waals surface area (Å²) in [7, 11) is 0. The summed E-state index contributed by atoms with van der Waals surface area (Å²) in [5.41, 5.74) is 8.29. The molecule has 1 aliphatic carbocycles. The average molecular weight is 351 g/mol. The Kier molecular flexibility index (Phi) is 6.33. The molecule has 1 heterocycles. The molecule has 3 rings (SSSR count). The lowest BCUT2D eigenvalue weighted by atomic mass is 9.76. The van der Waals surface area contributed by atoms with Crippen molar-refractivity contribution in [1.82, 2.24) is 4.90 Å². The van der Waals surface area contributed by atoms with Gasteiger partial charge in [-0.2, -0.15) is 0 Å². The number of nitrogens with two attached hydrogens (primary N) is 1. The van der Waals surface area contributed by atoms with E-state index in [1.54, 1.807) is 0 Å². The van der Waals surface area contributed by atoms with Gasteiger partial charge >= 0.3 is 0 Å². The number of carbonyl (C=O) groups excluding carboxylic acids is 1. The molecule has 2 aliphatic rings. The summed E-state index contributed by atoms with van der Waals surface area (Å²) >= 11 is 0. The zero-order chi connectivity index (χ0) is 16.4. The summed E-state index contributed by atoms with van der Waals surface area (Å²) in [6.45, 7) is 6.07. The fourth-order valence-electron chi connectivity index (χ4n) is 4.20. The molecule has 4 heteroatoms. The second kappa shape index (κ2) is 7.88. The molecular weight excluding hydrogens is 320 g/mol. The molecule has 2 fully saturated rings. The van der Waals surface area contributed by atoms with Crippen molar-refractivity contribution in [3.05, 3.63) is 35.4 Å². The molecule has 134 valence electrons. The van der Waals surface area contributed by atoms with Crippen molar-refractivity contribution in [2.24, 2.45) is 5.73 Å². The number of nitrogens with zero attached hydrogens (tertiary/aromatic N) is 1. The first-order chi connectivity index (χ1) is 11.0. The number of likely N-dealkylation sites (tertiary alicyclic amines) is 1. The molecule has 24 heavy (non-hydrogen) atoms. The Morgan fingerprint density at radius 2 is 1.67 bits per heavy atom. The number of hydrogen-bond donors (Lipinski definition) is 1. The highest BCUT2D eigenvalue weighted by molar-refractivity contribution is 5.88. The summed E-state index contributed by atoms with van der Waals surface area (Å²) in [6, 6.07) is 9.09. The molecule has 2 N–H and O–H groups in total. The van der Waals surface area contributed by atoms with Crippen molar-refractivity contribution in [3.8, 4) is 0 Å². The predicted molar refractivity (Wildman–Crippen MR) is 102 cm³/mol. The number of amides is 1. The number of carbonyl (C=O) groups is 1. The van der Waals surface area contributed by atoms with Crippen LogP contribution < -0.4 is 5.73 Å². The Balaban J connectivity index is 0.00000208. The number of halogens is 1. The molecule has 3 nitrogen and oxygen atoms in total. The van der Waals surface area contributed by atoms with Crippen LogP contribution in [0.15, 0.2) is 24.3 Å². The molecule has 0 spiro atoms. The van der Waals surface area contributed by atoms with Gasteiger partial charge in [0, 0.05) is 19.1 Å². The second-order valence-corrected chi connectivity index (χ2v) is 7.70. The van der Waals surface area contributed by atoms with E-state index in [1.165, 1.54) is 11.1 Å². The number of hydrogen-bond acceptors (Lipinski definition) is 2. The molecule has 0 unspecified atom stereocenters. The van der Waals surface area contributed by atoms with E-state index in [-0.39, 0.29) is 23.9 Å². The Morgan fingerprint density at radius 3 is 2.17 bits per heavy atom. The molecule has 1 aromatic carbocycles. The summed E-state index contributed by atoms with van der Waals surface area (Å²) < 4.78 is 0. The minimum Gasteiger partial charge on any atom is -0.342 e. The van der Waals surface area contributed by atoms with E-state index < -0.39 is 0 Å². The molecule has 1 aromatic rings. The summed E-state index contributed by atoms with van der Waals surface area (Å²) in [5.74, 6) is 0.877. The first-order valence-corrected chi connectivity index (χ1v) is 9.18. The minimum absolute atomic E-state index is 0. The lowest BCUT2D eigenvalue weighted by Crippen LogP contribution is -2.50. The molecule has 0 aromatic heterocycles. The second-order valence-electron chi connectivity index (χ2n) is 7.70. The Bertz CT molecular complexity index is 541. The van der Waals surface area contributed by atoms with Gasteiger partial charge in [0.15, 0.2) is 0 Å².